The molecule has 0 aliphatic heterocycles. The van der Waals surface area contributed by atoms with Crippen molar-refractivity contribution in [1.82, 2.24) is 4.98 Å². The maximum Gasteiger partial charge on any atom is 0.101 e. The minimum absolute atomic E-state index is 0.644. The molecule has 0 unspecified atom stereocenters. The molecule has 96 valence electrons. The van der Waals surface area contributed by atoms with E-state index in [-0.39, 0.29) is 0 Å². The Morgan fingerprint density at radius 3 is 2.55 bits per heavy atom. The summed E-state index contributed by atoms with van der Waals surface area (Å²) in [6.07, 6.45) is 1.91. The Morgan fingerprint density at radius 1 is 1.10 bits per heavy atom. The first-order valence-electron chi connectivity index (χ1n) is 6.53. The van der Waals surface area contributed by atoms with Gasteiger partial charge in [0.25, 0.3) is 0 Å². The molecular formula is C18H14N2. The molecule has 0 aliphatic rings. The van der Waals surface area contributed by atoms with Gasteiger partial charge in [-0.3, -0.25) is 0 Å². The lowest BCUT2D eigenvalue weighted by molar-refractivity contribution is 1.40. The summed E-state index contributed by atoms with van der Waals surface area (Å²) in [4.78, 5) is 3.29. The topological polar surface area (TPSA) is 39.6 Å². The fourth-order valence-corrected chi connectivity index (χ4v) is 2.22. The highest BCUT2D eigenvalue weighted by molar-refractivity contribution is 5.93. The molecule has 3 aromatic rings. The van der Waals surface area contributed by atoms with Crippen LogP contribution in [0, 0.1) is 18.3 Å². The number of rotatable bonds is 2. The van der Waals surface area contributed by atoms with Gasteiger partial charge in [-0.1, -0.05) is 48.0 Å². The van der Waals surface area contributed by atoms with Crippen LogP contribution in [0.15, 0.2) is 54.6 Å². The van der Waals surface area contributed by atoms with Gasteiger partial charge < -0.3 is 4.98 Å². The third-order valence-corrected chi connectivity index (χ3v) is 3.33. The molecule has 2 nitrogen and oxygen atoms in total. The van der Waals surface area contributed by atoms with Crippen LogP contribution in [-0.4, -0.2) is 4.98 Å². The molecule has 0 spiro atoms. The number of aromatic nitrogens is 1. The number of benzene rings is 2. The predicted octanol–water partition coefficient (Wildman–Crippen LogP) is 4.54. The first-order chi connectivity index (χ1) is 9.76. The molecule has 2 heteroatoms. The van der Waals surface area contributed by atoms with Crippen molar-refractivity contribution < 1.29 is 0 Å². The number of hydrogen-bond donors (Lipinski definition) is 1. The highest BCUT2D eigenvalue weighted by Gasteiger charge is 2.05. The SMILES string of the molecule is Cc1ccc(/C=C(\C#N)c2cc3ccccc3[nH]2)cc1. The fraction of sp³-hybridized carbons (Fsp3) is 0.0556. The van der Waals surface area contributed by atoms with Gasteiger partial charge in [-0.2, -0.15) is 5.26 Å². The van der Waals surface area contributed by atoms with Crippen LogP contribution in [0.4, 0.5) is 0 Å². The van der Waals surface area contributed by atoms with Crippen LogP contribution in [0.3, 0.4) is 0 Å². The monoisotopic (exact) mass is 258 g/mol. The van der Waals surface area contributed by atoms with Crippen molar-refractivity contribution in [2.75, 3.05) is 0 Å². The molecule has 0 fully saturated rings. The molecule has 0 saturated heterocycles. The summed E-state index contributed by atoms with van der Waals surface area (Å²) < 4.78 is 0. The largest absolute Gasteiger partial charge is 0.354 e. The maximum absolute atomic E-state index is 9.38. The zero-order valence-corrected chi connectivity index (χ0v) is 11.2. The third kappa shape index (κ3) is 2.34. The molecule has 1 aromatic heterocycles. The fourth-order valence-electron chi connectivity index (χ4n) is 2.22. The molecule has 20 heavy (non-hydrogen) atoms. The van der Waals surface area contributed by atoms with Gasteiger partial charge in [0.2, 0.25) is 0 Å². The average Bonchev–Trinajstić information content (AvgIpc) is 2.90. The Hall–Kier alpha value is -2.79. The second-order valence-corrected chi connectivity index (χ2v) is 4.85. The van der Waals surface area contributed by atoms with Gasteiger partial charge in [-0.15, -0.1) is 0 Å². The summed E-state index contributed by atoms with van der Waals surface area (Å²) >= 11 is 0. The summed E-state index contributed by atoms with van der Waals surface area (Å²) in [5.74, 6) is 0. The van der Waals surface area contributed by atoms with Gasteiger partial charge in [0.1, 0.15) is 6.07 Å². The molecule has 1 N–H and O–H groups in total. The van der Waals surface area contributed by atoms with E-state index in [2.05, 4.69) is 18.0 Å². The van der Waals surface area contributed by atoms with Crippen LogP contribution in [0.1, 0.15) is 16.8 Å². The number of fused-ring (bicyclic) bond motifs is 1. The normalized spacial score (nSPS) is 11.5. The van der Waals surface area contributed by atoms with Crippen LogP contribution >= 0.6 is 0 Å². The van der Waals surface area contributed by atoms with Gasteiger partial charge in [-0.05, 0) is 30.7 Å². The van der Waals surface area contributed by atoms with E-state index in [4.69, 9.17) is 0 Å². The molecular weight excluding hydrogens is 244 g/mol. The lowest BCUT2D eigenvalue weighted by Gasteiger charge is -1.97. The second-order valence-electron chi connectivity index (χ2n) is 4.85. The Bertz CT molecular complexity index is 781. The number of allylic oxidation sites excluding steroid dienone is 1. The smallest absolute Gasteiger partial charge is 0.101 e. The van der Waals surface area contributed by atoms with E-state index in [1.807, 2.05) is 60.7 Å². The van der Waals surface area contributed by atoms with Crippen LogP contribution in [-0.2, 0) is 0 Å². The van der Waals surface area contributed by atoms with E-state index in [9.17, 15) is 5.26 Å². The molecule has 0 saturated carbocycles. The van der Waals surface area contributed by atoms with Crippen molar-refractivity contribution in [3.05, 3.63) is 71.4 Å². The number of nitriles is 1. The highest BCUT2D eigenvalue weighted by Crippen LogP contribution is 2.22. The molecule has 1 heterocycles. The van der Waals surface area contributed by atoms with Crippen LogP contribution in [0.25, 0.3) is 22.6 Å². The van der Waals surface area contributed by atoms with E-state index in [1.165, 1.54) is 5.56 Å². The standard InChI is InChI=1S/C18H14N2/c1-13-6-8-14(9-7-13)10-16(12-19)18-11-15-4-2-3-5-17(15)20-18/h2-11,20H,1H3/b16-10+. The quantitative estimate of drug-likeness (QED) is 0.673. The third-order valence-electron chi connectivity index (χ3n) is 3.33. The van der Waals surface area contributed by atoms with E-state index in [0.717, 1.165) is 22.2 Å². The zero-order valence-electron chi connectivity index (χ0n) is 11.2. The summed E-state index contributed by atoms with van der Waals surface area (Å²) in [7, 11) is 0. The average molecular weight is 258 g/mol. The van der Waals surface area contributed by atoms with Crippen LogP contribution < -0.4 is 0 Å². The van der Waals surface area contributed by atoms with E-state index >= 15 is 0 Å². The number of para-hydroxylation sites is 1. The molecule has 2 aromatic carbocycles. The summed E-state index contributed by atoms with van der Waals surface area (Å²) in [5, 5.41) is 10.5. The van der Waals surface area contributed by atoms with E-state index in [0.29, 0.717) is 5.57 Å². The minimum atomic E-state index is 0.644. The maximum atomic E-state index is 9.38. The molecule has 0 aliphatic carbocycles. The van der Waals surface area contributed by atoms with Crippen molar-refractivity contribution >= 4 is 22.6 Å². The van der Waals surface area contributed by atoms with Crippen molar-refractivity contribution in [2.45, 2.75) is 6.92 Å². The Labute approximate surface area is 118 Å². The van der Waals surface area contributed by atoms with Gasteiger partial charge in [0.05, 0.1) is 11.3 Å². The second kappa shape index (κ2) is 5.07. The minimum Gasteiger partial charge on any atom is -0.354 e. The van der Waals surface area contributed by atoms with E-state index < -0.39 is 0 Å². The Balaban J connectivity index is 2.05. The predicted molar refractivity (Wildman–Crippen MR) is 83.0 cm³/mol. The first-order valence-corrected chi connectivity index (χ1v) is 6.53. The van der Waals surface area contributed by atoms with Gasteiger partial charge in [0, 0.05) is 10.9 Å². The van der Waals surface area contributed by atoms with Crippen molar-refractivity contribution in [2.24, 2.45) is 0 Å². The van der Waals surface area contributed by atoms with Crippen LogP contribution in [0.2, 0.25) is 0 Å². The van der Waals surface area contributed by atoms with Crippen LogP contribution in [0.5, 0.6) is 0 Å². The number of aryl methyl sites for hydroxylation is 1. The summed E-state index contributed by atoms with van der Waals surface area (Å²) in [6.45, 7) is 2.05. The highest BCUT2D eigenvalue weighted by atomic mass is 14.7. The van der Waals surface area contributed by atoms with Crippen molar-refractivity contribution in [1.29, 1.82) is 5.26 Å². The zero-order chi connectivity index (χ0) is 13.9. The van der Waals surface area contributed by atoms with Gasteiger partial charge >= 0.3 is 0 Å². The molecule has 0 radical (unpaired) electrons. The molecule has 0 amide bonds. The number of hydrogen-bond acceptors (Lipinski definition) is 1. The summed E-state index contributed by atoms with van der Waals surface area (Å²) in [5.41, 5.74) is 4.80. The number of H-pyrrole nitrogens is 1. The molecule has 3 rings (SSSR count). The molecule has 0 bridgehead atoms. The van der Waals surface area contributed by atoms with E-state index in [1.54, 1.807) is 0 Å². The number of aromatic amines is 1. The first kappa shape index (κ1) is 12.3. The van der Waals surface area contributed by atoms with Crippen molar-refractivity contribution in [3.63, 3.8) is 0 Å². The lowest BCUT2D eigenvalue weighted by Crippen LogP contribution is -1.82. The number of nitrogens with zero attached hydrogens (tertiary/aromatic N) is 1. The lowest BCUT2D eigenvalue weighted by atomic mass is 10.1. The number of nitrogens with one attached hydrogen (secondary N) is 1. The van der Waals surface area contributed by atoms with Gasteiger partial charge in [0.15, 0.2) is 0 Å². The Kier molecular flexibility index (Phi) is 3.10. The summed E-state index contributed by atoms with van der Waals surface area (Å²) in [6, 6.07) is 20.5. The molecule has 0 atom stereocenters. The Morgan fingerprint density at radius 2 is 1.85 bits per heavy atom. The van der Waals surface area contributed by atoms with Gasteiger partial charge in [-0.25, -0.2) is 0 Å². The van der Waals surface area contributed by atoms with Crippen molar-refractivity contribution in [3.8, 4) is 6.07 Å².